The van der Waals surface area contributed by atoms with E-state index in [4.69, 9.17) is 0 Å². The Hall–Kier alpha value is -2.39. The quantitative estimate of drug-likeness (QED) is 0.573. The van der Waals surface area contributed by atoms with Crippen molar-refractivity contribution >= 4 is 35.0 Å². The summed E-state index contributed by atoms with van der Waals surface area (Å²) < 4.78 is 0. The number of hydrazine groups is 1. The molecule has 2 saturated heterocycles. The highest BCUT2D eigenvalue weighted by molar-refractivity contribution is 8.00. The van der Waals surface area contributed by atoms with Crippen molar-refractivity contribution in [3.8, 4) is 0 Å². The Morgan fingerprint density at radius 1 is 1.13 bits per heavy atom. The van der Waals surface area contributed by atoms with Crippen molar-refractivity contribution in [2.75, 3.05) is 22.5 Å². The van der Waals surface area contributed by atoms with Crippen LogP contribution in [0.3, 0.4) is 0 Å². The second kappa shape index (κ2) is 9.00. The van der Waals surface area contributed by atoms with Gasteiger partial charge in [0.1, 0.15) is 5.50 Å². The fraction of sp³-hybridized carbons (Fsp3) is 0.391. The predicted octanol–water partition coefficient (Wildman–Crippen LogP) is 2.63. The van der Waals surface area contributed by atoms with E-state index in [1.807, 2.05) is 54.6 Å². The number of thioether (sulfide) groups is 1. The Morgan fingerprint density at radius 3 is 2.52 bits per heavy atom. The van der Waals surface area contributed by atoms with Crippen LogP contribution in [0.2, 0.25) is 0 Å². The van der Waals surface area contributed by atoms with E-state index in [0.29, 0.717) is 6.54 Å². The maximum atomic E-state index is 13.2. The third-order valence-electron chi connectivity index (χ3n) is 5.53. The molecule has 2 heterocycles. The zero-order chi connectivity index (χ0) is 22.0. The van der Waals surface area contributed by atoms with Gasteiger partial charge in [0, 0.05) is 17.9 Å². The van der Waals surface area contributed by atoms with Crippen LogP contribution in [0.1, 0.15) is 26.3 Å². The number of para-hydroxylation sites is 1. The molecule has 2 aromatic carbocycles. The minimum Gasteiger partial charge on any atom is -0.325 e. The third-order valence-corrected chi connectivity index (χ3v) is 6.63. The second-order valence-corrected chi connectivity index (χ2v) is 9.93. The number of nitrogens with one attached hydrogen (secondary N) is 4. The first-order chi connectivity index (χ1) is 14.8. The summed E-state index contributed by atoms with van der Waals surface area (Å²) >= 11 is 1.40. The molecule has 7 nitrogen and oxygen atoms in total. The van der Waals surface area contributed by atoms with Gasteiger partial charge in [-0.2, -0.15) is 0 Å². The molecule has 4 N–H and O–H groups in total. The summed E-state index contributed by atoms with van der Waals surface area (Å²) in [6, 6.07) is 17.5. The predicted molar refractivity (Wildman–Crippen MR) is 125 cm³/mol. The third kappa shape index (κ3) is 4.93. The first-order valence-electron chi connectivity index (χ1n) is 10.5. The zero-order valence-electron chi connectivity index (χ0n) is 18.0. The summed E-state index contributed by atoms with van der Waals surface area (Å²) in [5.74, 6) is -0.0223. The van der Waals surface area contributed by atoms with Gasteiger partial charge in [-0.25, -0.2) is 5.43 Å². The lowest BCUT2D eigenvalue weighted by molar-refractivity contribution is -0.124. The van der Waals surface area contributed by atoms with E-state index in [0.717, 1.165) is 11.4 Å². The van der Waals surface area contributed by atoms with Crippen molar-refractivity contribution < 1.29 is 9.59 Å². The summed E-state index contributed by atoms with van der Waals surface area (Å²) in [6.07, 6.45) is -0.155. The Kier molecular flexibility index (Phi) is 6.34. The molecule has 2 aromatic rings. The van der Waals surface area contributed by atoms with Crippen molar-refractivity contribution in [3.05, 3.63) is 60.2 Å². The van der Waals surface area contributed by atoms with E-state index < -0.39 is 0 Å². The largest absolute Gasteiger partial charge is 0.325 e. The summed E-state index contributed by atoms with van der Waals surface area (Å²) in [4.78, 5) is 27.5. The number of hydrogen-bond acceptors (Lipinski definition) is 6. The van der Waals surface area contributed by atoms with Crippen molar-refractivity contribution in [2.24, 2.45) is 5.92 Å². The maximum Gasteiger partial charge on any atom is 0.236 e. The monoisotopic (exact) mass is 439 g/mol. The van der Waals surface area contributed by atoms with Crippen LogP contribution >= 0.6 is 11.8 Å². The molecular formula is C23H29N5O2S. The van der Waals surface area contributed by atoms with E-state index >= 15 is 0 Å². The van der Waals surface area contributed by atoms with E-state index in [1.54, 1.807) is 4.90 Å². The van der Waals surface area contributed by atoms with E-state index in [2.05, 4.69) is 42.3 Å². The Morgan fingerprint density at radius 2 is 1.84 bits per heavy atom. The van der Waals surface area contributed by atoms with Crippen LogP contribution in [0, 0.1) is 5.92 Å². The fourth-order valence-corrected chi connectivity index (χ4v) is 4.79. The van der Waals surface area contributed by atoms with Crippen LogP contribution < -0.4 is 26.4 Å². The van der Waals surface area contributed by atoms with Crippen LogP contribution in [0.25, 0.3) is 0 Å². The van der Waals surface area contributed by atoms with Gasteiger partial charge in [-0.15, -0.1) is 11.8 Å². The highest BCUT2D eigenvalue weighted by Crippen LogP contribution is 2.30. The molecule has 31 heavy (non-hydrogen) atoms. The number of carbonyl (C=O) groups is 2. The molecule has 2 aliphatic heterocycles. The number of hydrogen-bond donors (Lipinski definition) is 4. The molecule has 2 aliphatic rings. The number of carbonyl (C=O) groups excluding carboxylic acids is 2. The standard InChI is InChI=1S/C23H29N5O2S/c1-23(2,3)15-9-11-16(12-10-15)25-19(29)14-31-22-26-20-18(13-24-27-20)21(30)28(22)17-7-5-4-6-8-17/h4-12,18,20,22,24,26-27H,13-14H2,1-3H3,(H,25,29). The van der Waals surface area contributed by atoms with Crippen molar-refractivity contribution in [1.29, 1.82) is 0 Å². The van der Waals surface area contributed by atoms with Crippen LogP contribution in [0.4, 0.5) is 11.4 Å². The molecule has 0 radical (unpaired) electrons. The van der Waals surface area contributed by atoms with Crippen LogP contribution in [0.5, 0.6) is 0 Å². The van der Waals surface area contributed by atoms with Gasteiger partial charge in [-0.05, 0) is 35.2 Å². The summed E-state index contributed by atoms with van der Waals surface area (Å²) in [5.41, 5.74) is 8.69. The normalized spacial score (nSPS) is 23.5. The van der Waals surface area contributed by atoms with Gasteiger partial charge in [-0.3, -0.25) is 25.2 Å². The molecule has 2 amide bonds. The average Bonchev–Trinajstić information content (AvgIpc) is 3.22. The number of anilines is 2. The van der Waals surface area contributed by atoms with Crippen LogP contribution in [-0.4, -0.2) is 35.8 Å². The smallest absolute Gasteiger partial charge is 0.236 e. The minimum atomic E-state index is -0.349. The lowest BCUT2D eigenvalue weighted by atomic mass is 9.87. The molecule has 3 unspecified atom stereocenters. The number of rotatable bonds is 5. The summed E-state index contributed by atoms with van der Waals surface area (Å²) in [6.45, 7) is 7.05. The maximum absolute atomic E-state index is 13.2. The van der Waals surface area contributed by atoms with Crippen LogP contribution in [-0.2, 0) is 15.0 Å². The summed E-state index contributed by atoms with van der Waals surface area (Å²) in [5, 5.41) is 6.41. The lowest BCUT2D eigenvalue weighted by Gasteiger charge is -2.41. The van der Waals surface area contributed by atoms with Gasteiger partial charge in [0.15, 0.2) is 0 Å². The number of fused-ring (bicyclic) bond motifs is 1. The SMILES string of the molecule is CC(C)(C)c1ccc(NC(=O)CSC2NC3NNCC3C(=O)N2c2ccccc2)cc1. The van der Waals surface area contributed by atoms with Gasteiger partial charge in [0.25, 0.3) is 0 Å². The lowest BCUT2D eigenvalue weighted by Crippen LogP contribution is -2.64. The Labute approximate surface area is 187 Å². The van der Waals surface area contributed by atoms with E-state index in [-0.39, 0.29) is 40.6 Å². The summed E-state index contributed by atoms with van der Waals surface area (Å²) in [7, 11) is 0. The van der Waals surface area contributed by atoms with Gasteiger partial charge in [0.05, 0.1) is 17.8 Å². The molecule has 0 aromatic heterocycles. The number of amides is 2. The van der Waals surface area contributed by atoms with Gasteiger partial charge in [0.2, 0.25) is 11.8 Å². The number of benzene rings is 2. The Bertz CT molecular complexity index is 929. The highest BCUT2D eigenvalue weighted by atomic mass is 32.2. The molecule has 164 valence electrons. The number of nitrogens with zero attached hydrogens (tertiary/aromatic N) is 1. The average molecular weight is 440 g/mol. The first kappa shape index (κ1) is 21.8. The van der Waals surface area contributed by atoms with Crippen LogP contribution in [0.15, 0.2) is 54.6 Å². The van der Waals surface area contributed by atoms with Gasteiger partial charge in [-0.1, -0.05) is 51.1 Å². The molecule has 4 rings (SSSR count). The van der Waals surface area contributed by atoms with Gasteiger partial charge >= 0.3 is 0 Å². The van der Waals surface area contributed by atoms with E-state index in [1.165, 1.54) is 17.3 Å². The zero-order valence-corrected chi connectivity index (χ0v) is 18.8. The highest BCUT2D eigenvalue weighted by Gasteiger charge is 2.44. The first-order valence-corrected chi connectivity index (χ1v) is 11.5. The Balaban J connectivity index is 1.42. The van der Waals surface area contributed by atoms with Gasteiger partial charge < -0.3 is 5.32 Å². The molecule has 0 aliphatic carbocycles. The van der Waals surface area contributed by atoms with Crippen molar-refractivity contribution in [1.82, 2.24) is 16.2 Å². The topological polar surface area (TPSA) is 85.5 Å². The van der Waals surface area contributed by atoms with Crippen molar-refractivity contribution in [2.45, 2.75) is 37.8 Å². The van der Waals surface area contributed by atoms with E-state index in [9.17, 15) is 9.59 Å². The van der Waals surface area contributed by atoms with Crippen molar-refractivity contribution in [3.63, 3.8) is 0 Å². The molecule has 8 heteroatoms. The second-order valence-electron chi connectivity index (χ2n) is 8.86. The molecular weight excluding hydrogens is 410 g/mol. The molecule has 0 bridgehead atoms. The molecule has 0 saturated carbocycles. The fourth-order valence-electron chi connectivity index (χ4n) is 3.79. The molecule has 2 fully saturated rings. The minimum absolute atomic E-state index is 0.0446. The molecule has 3 atom stereocenters. The molecule has 0 spiro atoms.